The van der Waals surface area contributed by atoms with Crippen molar-refractivity contribution in [2.75, 3.05) is 6.61 Å². The molecule has 2 rings (SSSR count). The van der Waals surface area contributed by atoms with Crippen LogP contribution in [0.2, 0.25) is 0 Å². The van der Waals surface area contributed by atoms with E-state index in [2.05, 4.69) is 34.1 Å². The third-order valence-electron chi connectivity index (χ3n) is 5.13. The van der Waals surface area contributed by atoms with Crippen LogP contribution in [0.15, 0.2) is 66.2 Å². The number of allylic oxidation sites excluding steroid dienone is 1. The van der Waals surface area contributed by atoms with Crippen molar-refractivity contribution < 1.29 is 45.4 Å². The maximum Gasteiger partial charge on any atom is 0.427 e. The summed E-state index contributed by atoms with van der Waals surface area (Å²) < 4.78 is 92.4. The van der Waals surface area contributed by atoms with Crippen molar-refractivity contribution in [2.24, 2.45) is 0 Å². The summed E-state index contributed by atoms with van der Waals surface area (Å²) in [7, 11) is 0. The molecule has 1 aromatic heterocycles. The number of carbonyl (C=O) groups is 2. The van der Waals surface area contributed by atoms with Gasteiger partial charge in [0.05, 0.1) is 13.2 Å². The molecule has 0 bridgehead atoms. The van der Waals surface area contributed by atoms with Crippen LogP contribution >= 0.6 is 15.9 Å². The van der Waals surface area contributed by atoms with Gasteiger partial charge in [-0.05, 0) is 40.4 Å². The van der Waals surface area contributed by atoms with Gasteiger partial charge in [-0.3, -0.25) is 20.4 Å². The Morgan fingerprint density at radius 1 is 1.03 bits per heavy atom. The lowest BCUT2D eigenvalue weighted by atomic mass is 9.97. The summed E-state index contributed by atoms with van der Waals surface area (Å²) in [6.45, 7) is 5.95. The Morgan fingerprint density at radius 3 is 2.26 bits per heavy atom. The lowest BCUT2D eigenvalue weighted by molar-refractivity contribution is -0.270. The second-order valence-electron chi connectivity index (χ2n) is 7.95. The van der Waals surface area contributed by atoms with Gasteiger partial charge in [-0.2, -0.15) is 26.3 Å². The van der Waals surface area contributed by atoms with Crippen LogP contribution in [-0.4, -0.2) is 35.2 Å². The molecule has 0 radical (unpaired) electrons. The minimum atomic E-state index is -5.25. The minimum absolute atomic E-state index is 0.185. The van der Waals surface area contributed by atoms with Gasteiger partial charge in [0, 0.05) is 10.9 Å². The predicted octanol–water partition coefficient (Wildman–Crippen LogP) is 6.06. The first-order chi connectivity index (χ1) is 18.3. The molecular formula is C25H24BrF6N3O4. The van der Waals surface area contributed by atoms with Gasteiger partial charge in [-0.1, -0.05) is 42.5 Å². The monoisotopic (exact) mass is 623 g/mol. The second kappa shape index (κ2) is 13.6. The van der Waals surface area contributed by atoms with Crippen molar-refractivity contribution in [3.05, 3.63) is 83.0 Å². The van der Waals surface area contributed by atoms with Gasteiger partial charge in [0.2, 0.25) is 11.5 Å². The van der Waals surface area contributed by atoms with Crippen LogP contribution < -0.4 is 15.6 Å². The maximum absolute atomic E-state index is 14.1. The Kier molecular flexibility index (Phi) is 11.1. The molecule has 0 aliphatic rings. The van der Waals surface area contributed by atoms with E-state index in [1.54, 1.807) is 29.1 Å². The van der Waals surface area contributed by atoms with E-state index in [1.807, 2.05) is 0 Å². The van der Waals surface area contributed by atoms with Gasteiger partial charge in [-0.15, -0.1) is 13.2 Å². The van der Waals surface area contributed by atoms with Gasteiger partial charge < -0.3 is 9.47 Å². The third-order valence-corrected chi connectivity index (χ3v) is 5.73. The topological polar surface area (TPSA) is 89.5 Å². The van der Waals surface area contributed by atoms with E-state index < -0.39 is 64.4 Å². The number of aromatic nitrogens is 1. The van der Waals surface area contributed by atoms with Gasteiger partial charge in [0.1, 0.15) is 11.3 Å². The zero-order valence-electron chi connectivity index (χ0n) is 20.3. The van der Waals surface area contributed by atoms with Gasteiger partial charge in [0.25, 0.3) is 11.8 Å². The number of nitrogens with zero attached hydrogens (tertiary/aromatic N) is 1. The molecule has 212 valence electrons. The van der Waals surface area contributed by atoms with Gasteiger partial charge >= 0.3 is 12.4 Å². The number of halogens is 7. The Bertz CT molecular complexity index is 1170. The van der Waals surface area contributed by atoms with Crippen LogP contribution in [0, 0.1) is 0 Å². The maximum atomic E-state index is 14.1. The van der Waals surface area contributed by atoms with Crippen LogP contribution in [-0.2, 0) is 22.3 Å². The number of pyridine rings is 1. The highest BCUT2D eigenvalue weighted by Gasteiger charge is 2.61. The molecule has 14 heteroatoms. The number of hydrogen-bond acceptors (Lipinski definition) is 5. The lowest BCUT2D eigenvalue weighted by Gasteiger charge is -2.33. The fraction of sp³-hybridized carbons (Fsp3) is 0.320. The zero-order valence-corrected chi connectivity index (χ0v) is 21.9. The van der Waals surface area contributed by atoms with Crippen LogP contribution in [0.3, 0.4) is 0 Å². The Balaban J connectivity index is 2.29. The molecule has 0 spiro atoms. The summed E-state index contributed by atoms with van der Waals surface area (Å²) in [6, 6.07) is 8.27. The van der Waals surface area contributed by atoms with Crippen molar-refractivity contribution in [1.82, 2.24) is 15.8 Å². The smallest absolute Gasteiger partial charge is 0.427 e. The number of alkyl halides is 6. The number of rotatable bonds is 12. The first kappa shape index (κ1) is 31.8. The normalized spacial score (nSPS) is 13.2. The molecule has 39 heavy (non-hydrogen) atoms. The molecule has 1 atom stereocenters. The van der Waals surface area contributed by atoms with Crippen molar-refractivity contribution in [1.29, 1.82) is 0 Å². The first-order valence-electron chi connectivity index (χ1n) is 11.2. The SMILES string of the molecule is C=CCCCOc1nc(C(=O)NNC(=O)C(CC=C)(OCc2ccccc2)C(F)(F)F)c(Br)cc1C(F)(F)F. The number of hydrogen-bond donors (Lipinski definition) is 2. The molecule has 0 saturated heterocycles. The Morgan fingerprint density at radius 2 is 1.69 bits per heavy atom. The number of carbonyl (C=O) groups excluding carboxylic acids is 2. The fourth-order valence-electron chi connectivity index (χ4n) is 3.14. The summed E-state index contributed by atoms with van der Waals surface area (Å²) >= 11 is 2.80. The summed E-state index contributed by atoms with van der Waals surface area (Å²) in [6.07, 6.45) is -8.04. The van der Waals surface area contributed by atoms with E-state index in [1.165, 1.54) is 18.2 Å². The lowest BCUT2D eigenvalue weighted by Crippen LogP contribution is -2.61. The highest BCUT2D eigenvalue weighted by atomic mass is 79.9. The van der Waals surface area contributed by atoms with Crippen LogP contribution in [0.25, 0.3) is 0 Å². The second-order valence-corrected chi connectivity index (χ2v) is 8.80. The molecule has 1 aromatic carbocycles. The highest BCUT2D eigenvalue weighted by molar-refractivity contribution is 9.10. The first-order valence-corrected chi connectivity index (χ1v) is 12.0. The Hall–Kier alpha value is -3.39. The zero-order chi connectivity index (χ0) is 29.3. The van der Waals surface area contributed by atoms with Crippen molar-refractivity contribution in [2.45, 2.75) is 43.8 Å². The average molecular weight is 624 g/mol. The summed E-state index contributed by atoms with van der Waals surface area (Å²) in [4.78, 5) is 29.0. The molecule has 2 amide bonds. The van der Waals surface area contributed by atoms with E-state index in [0.717, 1.165) is 6.08 Å². The molecule has 7 nitrogen and oxygen atoms in total. The quantitative estimate of drug-likeness (QED) is 0.130. The molecule has 1 heterocycles. The van der Waals surface area contributed by atoms with Crippen LogP contribution in [0.1, 0.15) is 40.9 Å². The van der Waals surface area contributed by atoms with E-state index in [-0.39, 0.29) is 6.61 Å². The van der Waals surface area contributed by atoms with E-state index in [0.29, 0.717) is 24.5 Å². The average Bonchev–Trinajstić information content (AvgIpc) is 2.87. The number of nitrogens with one attached hydrogen (secondary N) is 2. The minimum Gasteiger partial charge on any atom is -0.477 e. The van der Waals surface area contributed by atoms with Gasteiger partial charge in [0.15, 0.2) is 0 Å². The predicted molar refractivity (Wildman–Crippen MR) is 132 cm³/mol. The molecule has 2 N–H and O–H groups in total. The summed E-state index contributed by atoms with van der Waals surface area (Å²) in [5, 5.41) is 0. The number of amides is 2. The summed E-state index contributed by atoms with van der Waals surface area (Å²) in [5.74, 6) is -4.03. The largest absolute Gasteiger partial charge is 0.477 e. The Labute approximate surface area is 228 Å². The number of ether oxygens (including phenoxy) is 2. The van der Waals surface area contributed by atoms with Gasteiger partial charge in [-0.25, -0.2) is 4.98 Å². The van der Waals surface area contributed by atoms with Crippen molar-refractivity contribution in [3.8, 4) is 5.88 Å². The number of hydrazine groups is 1. The standard InChI is InChI=1S/C25H24BrF6N3O4/c1-3-5-9-13-38-21-17(24(27,28)29)14-18(26)19(33-21)20(36)34-35-22(37)23(12-4-2,25(30,31)32)39-15-16-10-7-6-8-11-16/h3-4,6-8,10-11,14H,1-2,5,9,12-13,15H2,(H,34,36)(H,35,37). The van der Waals surface area contributed by atoms with E-state index in [4.69, 9.17) is 9.47 Å². The molecule has 0 saturated carbocycles. The molecule has 0 aliphatic carbocycles. The molecule has 0 fully saturated rings. The third kappa shape index (κ3) is 8.30. The fourth-order valence-corrected chi connectivity index (χ4v) is 3.64. The van der Waals surface area contributed by atoms with E-state index >= 15 is 0 Å². The molecule has 0 aliphatic heterocycles. The van der Waals surface area contributed by atoms with E-state index in [9.17, 15) is 35.9 Å². The molecular weight excluding hydrogens is 600 g/mol. The van der Waals surface area contributed by atoms with Crippen LogP contribution in [0.4, 0.5) is 26.3 Å². The van der Waals surface area contributed by atoms with Crippen molar-refractivity contribution in [3.63, 3.8) is 0 Å². The summed E-state index contributed by atoms with van der Waals surface area (Å²) in [5.41, 5.74) is -1.70. The highest BCUT2D eigenvalue weighted by Crippen LogP contribution is 2.39. The van der Waals surface area contributed by atoms with Crippen molar-refractivity contribution >= 4 is 27.7 Å². The molecule has 1 unspecified atom stereocenters. The van der Waals surface area contributed by atoms with Crippen LogP contribution in [0.5, 0.6) is 5.88 Å². The number of unbranched alkanes of at least 4 members (excludes halogenated alkanes) is 1. The number of benzene rings is 1. The molecule has 2 aromatic rings.